The van der Waals surface area contributed by atoms with Gasteiger partial charge in [0.25, 0.3) is 0 Å². The molecule has 2 heterocycles. The first-order valence-electron chi connectivity index (χ1n) is 24.2. The summed E-state index contributed by atoms with van der Waals surface area (Å²) < 4.78 is 0. The van der Waals surface area contributed by atoms with E-state index in [1.165, 1.54) is 43.1 Å². The van der Waals surface area contributed by atoms with Gasteiger partial charge in [-0.1, -0.05) is 192 Å². The Hall–Kier alpha value is -6.19. The lowest BCUT2D eigenvalue weighted by atomic mass is 9.92. The third kappa shape index (κ3) is 5.77. The zero-order valence-electron chi connectivity index (χ0n) is 40.5. The van der Waals surface area contributed by atoms with Gasteiger partial charge in [-0.05, 0) is 76.3 Å². The van der Waals surface area contributed by atoms with E-state index in [4.69, 9.17) is 19.9 Å². The van der Waals surface area contributed by atoms with E-state index in [1.54, 1.807) is 0 Å². The van der Waals surface area contributed by atoms with Crippen molar-refractivity contribution in [3.63, 3.8) is 0 Å². The molecule has 6 heteroatoms. The lowest BCUT2D eigenvalue weighted by Gasteiger charge is -2.38. The second-order valence-corrected chi connectivity index (χ2v) is 32.2. The van der Waals surface area contributed by atoms with E-state index in [2.05, 4.69) is 203 Å². The normalized spacial score (nSPS) is 13.1. The molecule has 0 aliphatic carbocycles. The van der Waals surface area contributed by atoms with Crippen molar-refractivity contribution in [2.24, 2.45) is 0 Å². The topological polar surface area (TPSA) is 51.6 Å². The van der Waals surface area contributed by atoms with Crippen molar-refractivity contribution in [3.05, 3.63) is 108 Å². The lowest BCUT2D eigenvalue weighted by Crippen LogP contribution is -2.43. The van der Waals surface area contributed by atoms with Gasteiger partial charge in [0.1, 0.15) is 38.2 Å². The van der Waals surface area contributed by atoms with E-state index in [-0.39, 0.29) is 0 Å². The van der Waals surface area contributed by atoms with Crippen molar-refractivity contribution in [2.45, 2.75) is 116 Å². The second kappa shape index (κ2) is 15.2. The highest BCUT2D eigenvalue weighted by atomic mass is 28.3. The molecule has 0 saturated heterocycles. The van der Waals surface area contributed by atoms with E-state index in [0.29, 0.717) is 33.2 Å². The molecule has 0 N–H and O–H groups in total. The number of hydrogen-bond donors (Lipinski definition) is 0. The van der Waals surface area contributed by atoms with E-state index >= 15 is 0 Å². The first-order valence-corrected chi connectivity index (χ1v) is 28.7. The third-order valence-corrected chi connectivity index (χ3v) is 28.7. The van der Waals surface area contributed by atoms with Crippen LogP contribution in [0.25, 0.3) is 109 Å². The van der Waals surface area contributed by atoms with Crippen LogP contribution in [0.5, 0.6) is 0 Å². The summed E-state index contributed by atoms with van der Waals surface area (Å²) in [5.41, 5.74) is 19.1. The Bertz CT molecular complexity index is 3430. The van der Waals surface area contributed by atoms with Crippen LogP contribution in [0.15, 0.2) is 97.1 Å². The molecule has 11 rings (SSSR count). The fourth-order valence-corrected chi connectivity index (χ4v) is 23.5. The van der Waals surface area contributed by atoms with Crippen LogP contribution >= 0.6 is 0 Å². The quantitative estimate of drug-likeness (QED) is 0.0722. The fourth-order valence-electron chi connectivity index (χ4n) is 13.1. The van der Waals surface area contributed by atoms with Gasteiger partial charge in [0, 0.05) is 21.5 Å². The van der Waals surface area contributed by atoms with E-state index in [9.17, 15) is 0 Å². The van der Waals surface area contributed by atoms with Gasteiger partial charge in [-0.3, -0.25) is 0 Å². The summed E-state index contributed by atoms with van der Waals surface area (Å²) in [7, 11) is -4.50. The minimum atomic E-state index is -2.25. The Morgan fingerprint density at radius 3 is 0.742 bits per heavy atom. The largest absolute Gasteiger partial charge is 0.242 e. The fraction of sp³-hybridized carbons (Fsp3) is 0.300. The second-order valence-electron chi connectivity index (χ2n) is 21.0. The molecule has 326 valence electrons. The predicted octanol–water partition coefficient (Wildman–Crippen LogP) is 16.8. The van der Waals surface area contributed by atoms with Gasteiger partial charge in [-0.15, -0.1) is 11.1 Å². The molecule has 0 amide bonds. The molecular weight excluding hydrogens is 833 g/mol. The standard InChI is InChI=1S/C60H58N4Si2/c1-33(2)65(34(3)4,35(5)6)31-29-47-57-59(63-55-45-23-15-19-41-27-25-39-17-13-21-43(53(55)61-57)49(39)51(41)45)48(30-32-66(36(7)8,37(9)10)38(11)12)60-58(47)62-54-44-22-14-18-40-26-28-42-20-16-24-46(56(54)64-60)52(42)50(40)44/h13-28,33-38H,1-12H3. The highest BCUT2D eigenvalue weighted by Gasteiger charge is 2.43. The van der Waals surface area contributed by atoms with Crippen LogP contribution in [0.4, 0.5) is 0 Å². The molecule has 9 aromatic carbocycles. The minimum Gasteiger partial charge on any atom is -0.242 e. The van der Waals surface area contributed by atoms with Gasteiger partial charge >= 0.3 is 0 Å². The monoisotopic (exact) mass is 890 g/mol. The molecule has 66 heavy (non-hydrogen) atoms. The number of nitrogens with zero attached hydrogens (tertiary/aromatic N) is 4. The van der Waals surface area contributed by atoms with E-state index in [1.807, 2.05) is 0 Å². The number of rotatable bonds is 6. The first-order chi connectivity index (χ1) is 31.7. The molecule has 11 aromatic rings. The summed E-state index contributed by atoms with van der Waals surface area (Å²) in [6, 6.07) is 35.3. The molecule has 0 fully saturated rings. The van der Waals surface area contributed by atoms with Crippen molar-refractivity contribution in [1.82, 2.24) is 19.9 Å². The summed E-state index contributed by atoms with van der Waals surface area (Å²) in [6.45, 7) is 28.6. The summed E-state index contributed by atoms with van der Waals surface area (Å²) >= 11 is 0. The number of aromatic nitrogens is 4. The van der Waals surface area contributed by atoms with Crippen LogP contribution in [-0.2, 0) is 0 Å². The summed E-state index contributed by atoms with van der Waals surface area (Å²) in [5, 5.41) is 14.1. The Kier molecular flexibility index (Phi) is 9.76. The molecule has 2 aromatic heterocycles. The number of benzene rings is 9. The molecule has 0 radical (unpaired) electrons. The van der Waals surface area contributed by atoms with Crippen LogP contribution < -0.4 is 0 Å². The molecule has 0 saturated carbocycles. The highest BCUT2D eigenvalue weighted by molar-refractivity contribution is 6.91. The SMILES string of the molecule is CC(C)[Si](C#Cc1c2nc3c4cccc5ccc6cccc(c3nc2c(C#C[Si](C(C)C)(C(C)C)C(C)C)c2nc3c7cccc8ccc9cccc(c3nc12)c9c87)c6c54)(C(C)C)C(C)C. The molecule has 4 nitrogen and oxygen atoms in total. The Labute approximate surface area is 390 Å². The van der Waals surface area contributed by atoms with Crippen molar-refractivity contribution in [2.75, 3.05) is 0 Å². The third-order valence-electron chi connectivity index (χ3n) is 16.1. The van der Waals surface area contributed by atoms with Gasteiger partial charge in [-0.2, -0.15) is 0 Å². The Morgan fingerprint density at radius 2 is 0.530 bits per heavy atom. The zero-order chi connectivity index (χ0) is 46.1. The molecule has 0 atom stereocenters. The van der Waals surface area contributed by atoms with Crippen LogP contribution in [0.3, 0.4) is 0 Å². The summed E-state index contributed by atoms with van der Waals surface area (Å²) in [6.07, 6.45) is 0. The van der Waals surface area contributed by atoms with Gasteiger partial charge in [0.05, 0.1) is 33.2 Å². The molecule has 0 unspecified atom stereocenters. The van der Waals surface area contributed by atoms with Crippen LogP contribution in [0, 0.1) is 22.9 Å². The van der Waals surface area contributed by atoms with Crippen molar-refractivity contribution in [3.8, 4) is 22.9 Å². The maximum atomic E-state index is 5.87. The lowest BCUT2D eigenvalue weighted by molar-refractivity contribution is 0.838. The zero-order valence-corrected chi connectivity index (χ0v) is 42.5. The van der Waals surface area contributed by atoms with Crippen molar-refractivity contribution >= 4 is 125 Å². The van der Waals surface area contributed by atoms with Crippen LogP contribution in [0.1, 0.15) is 94.2 Å². The number of hydrogen-bond acceptors (Lipinski definition) is 4. The van der Waals surface area contributed by atoms with E-state index < -0.39 is 16.1 Å². The highest BCUT2D eigenvalue weighted by Crippen LogP contribution is 2.46. The maximum absolute atomic E-state index is 5.87. The predicted molar refractivity (Wildman–Crippen MR) is 291 cm³/mol. The van der Waals surface area contributed by atoms with Gasteiger partial charge in [0.15, 0.2) is 0 Å². The molecule has 0 aliphatic rings. The van der Waals surface area contributed by atoms with Gasteiger partial charge in [0.2, 0.25) is 0 Å². The average Bonchev–Trinajstić information content (AvgIpc) is 3.29. The van der Waals surface area contributed by atoms with E-state index in [0.717, 1.165) is 76.8 Å². The smallest absolute Gasteiger partial charge is 0.146 e. The Balaban J connectivity index is 1.43. The maximum Gasteiger partial charge on any atom is 0.146 e. The molecule has 0 bridgehead atoms. The van der Waals surface area contributed by atoms with Crippen LogP contribution in [0.2, 0.25) is 33.2 Å². The Morgan fingerprint density at radius 1 is 0.303 bits per heavy atom. The number of fused-ring (bicyclic) bond motifs is 8. The first kappa shape index (κ1) is 42.4. The van der Waals surface area contributed by atoms with Crippen molar-refractivity contribution in [1.29, 1.82) is 0 Å². The molecule has 0 aliphatic heterocycles. The van der Waals surface area contributed by atoms with Crippen LogP contribution in [-0.4, -0.2) is 36.1 Å². The average molecular weight is 891 g/mol. The molecular formula is C60H58N4Si2. The van der Waals surface area contributed by atoms with Crippen molar-refractivity contribution < 1.29 is 0 Å². The summed E-state index contributed by atoms with van der Waals surface area (Å²) in [4.78, 5) is 23.5. The van der Waals surface area contributed by atoms with Gasteiger partial charge < -0.3 is 0 Å². The minimum absolute atomic E-state index is 0.440. The van der Waals surface area contributed by atoms with Gasteiger partial charge in [-0.25, -0.2) is 19.9 Å². The summed E-state index contributed by atoms with van der Waals surface area (Å²) in [5.74, 6) is 7.96. The molecule has 0 spiro atoms.